The summed E-state index contributed by atoms with van der Waals surface area (Å²) in [4.78, 5) is 25.7. The summed E-state index contributed by atoms with van der Waals surface area (Å²) in [5.41, 5.74) is -0.560. The first-order chi connectivity index (χ1) is 8.97. The van der Waals surface area contributed by atoms with Crippen LogP contribution >= 0.6 is 0 Å². The minimum atomic E-state index is -1.40. The number of unbranched alkanes of at least 4 members (excludes halogenated alkanes) is 1. The Bertz CT molecular complexity index is 480. The molecule has 0 bridgehead atoms. The third kappa shape index (κ3) is 3.97. The van der Waals surface area contributed by atoms with E-state index in [0.29, 0.717) is 6.42 Å². The van der Waals surface area contributed by atoms with Crippen molar-refractivity contribution in [2.45, 2.75) is 32.2 Å². The number of nitrogens with one attached hydrogen (secondary N) is 1. The molecule has 0 aliphatic rings. The van der Waals surface area contributed by atoms with Crippen molar-refractivity contribution in [3.63, 3.8) is 0 Å². The highest BCUT2D eigenvalue weighted by atomic mass is 19.2. The van der Waals surface area contributed by atoms with E-state index in [1.165, 1.54) is 0 Å². The Morgan fingerprint density at radius 2 is 2.16 bits per heavy atom. The number of aliphatic carboxylic acids is 1. The molecule has 1 atom stereocenters. The number of carboxylic acid groups (broad SMARTS) is 1. The summed E-state index contributed by atoms with van der Waals surface area (Å²) in [6, 6.07) is -0.130. The lowest BCUT2D eigenvalue weighted by molar-refractivity contribution is -0.139. The van der Waals surface area contributed by atoms with Gasteiger partial charge in [0.25, 0.3) is 5.91 Å². The van der Waals surface area contributed by atoms with Crippen LogP contribution in [0.4, 0.5) is 8.78 Å². The SMILES string of the molecule is CCCCC(NC(=O)c1ccnc(F)c1F)C(=O)O. The maximum atomic E-state index is 13.3. The second kappa shape index (κ2) is 6.77. The molecule has 1 aromatic heterocycles. The van der Waals surface area contributed by atoms with Gasteiger partial charge in [-0.2, -0.15) is 4.39 Å². The zero-order valence-electron chi connectivity index (χ0n) is 10.3. The molecule has 0 saturated heterocycles. The van der Waals surface area contributed by atoms with Crippen LogP contribution in [-0.2, 0) is 4.79 Å². The van der Waals surface area contributed by atoms with Crippen LogP contribution < -0.4 is 5.32 Å². The minimum absolute atomic E-state index is 0.229. The van der Waals surface area contributed by atoms with Gasteiger partial charge in [0.1, 0.15) is 6.04 Å². The Kier molecular flexibility index (Phi) is 5.35. The highest BCUT2D eigenvalue weighted by Crippen LogP contribution is 2.10. The topological polar surface area (TPSA) is 79.3 Å². The lowest BCUT2D eigenvalue weighted by Gasteiger charge is -2.14. The average molecular weight is 272 g/mol. The standard InChI is InChI=1S/C12H14F2N2O3/c1-2-3-4-8(12(18)19)16-11(17)7-5-6-15-10(14)9(7)13/h5-6,8H,2-4H2,1H3,(H,16,17)(H,18,19). The third-order valence-corrected chi connectivity index (χ3v) is 2.54. The zero-order valence-corrected chi connectivity index (χ0v) is 10.3. The summed E-state index contributed by atoms with van der Waals surface area (Å²) in [6.45, 7) is 1.87. The number of aromatic nitrogens is 1. The van der Waals surface area contributed by atoms with E-state index in [2.05, 4.69) is 10.3 Å². The molecule has 0 fully saturated rings. The molecule has 1 aromatic rings. The molecular weight excluding hydrogens is 258 g/mol. The molecule has 104 valence electrons. The van der Waals surface area contributed by atoms with Gasteiger partial charge < -0.3 is 10.4 Å². The Labute approximate surface area is 108 Å². The highest BCUT2D eigenvalue weighted by molar-refractivity contribution is 5.96. The maximum absolute atomic E-state index is 13.3. The number of rotatable bonds is 6. The molecule has 1 heterocycles. The van der Waals surface area contributed by atoms with Gasteiger partial charge in [-0.05, 0) is 12.5 Å². The number of carbonyl (C=O) groups excluding carboxylic acids is 1. The molecule has 1 rings (SSSR count). The molecule has 5 nitrogen and oxygen atoms in total. The second-order valence-corrected chi connectivity index (χ2v) is 3.97. The first-order valence-electron chi connectivity index (χ1n) is 5.81. The van der Waals surface area contributed by atoms with Crippen molar-refractivity contribution in [3.8, 4) is 0 Å². The van der Waals surface area contributed by atoms with Crippen LogP contribution in [0.25, 0.3) is 0 Å². The Hall–Kier alpha value is -2.05. The van der Waals surface area contributed by atoms with Crippen molar-refractivity contribution in [3.05, 3.63) is 29.6 Å². The Balaban J connectivity index is 2.82. The van der Waals surface area contributed by atoms with Crippen LogP contribution in [-0.4, -0.2) is 28.0 Å². The summed E-state index contributed by atoms with van der Waals surface area (Å²) in [6.07, 6.45) is 2.53. The third-order valence-electron chi connectivity index (χ3n) is 2.54. The maximum Gasteiger partial charge on any atom is 0.326 e. The molecule has 1 unspecified atom stereocenters. The molecule has 2 N–H and O–H groups in total. The van der Waals surface area contributed by atoms with E-state index in [4.69, 9.17) is 5.11 Å². The van der Waals surface area contributed by atoms with Crippen molar-refractivity contribution >= 4 is 11.9 Å². The summed E-state index contributed by atoms with van der Waals surface area (Å²) >= 11 is 0. The fraction of sp³-hybridized carbons (Fsp3) is 0.417. The molecule has 0 spiro atoms. The van der Waals surface area contributed by atoms with E-state index in [1.54, 1.807) is 0 Å². The van der Waals surface area contributed by atoms with Gasteiger partial charge in [0, 0.05) is 6.20 Å². The van der Waals surface area contributed by atoms with Gasteiger partial charge in [-0.1, -0.05) is 19.8 Å². The van der Waals surface area contributed by atoms with E-state index in [-0.39, 0.29) is 6.42 Å². The quantitative estimate of drug-likeness (QED) is 0.773. The van der Waals surface area contributed by atoms with Crippen molar-refractivity contribution in [1.82, 2.24) is 10.3 Å². The number of hydrogen-bond donors (Lipinski definition) is 2. The summed E-state index contributed by atoms with van der Waals surface area (Å²) in [5, 5.41) is 11.1. The lowest BCUT2D eigenvalue weighted by Crippen LogP contribution is -2.41. The van der Waals surface area contributed by atoms with Crippen LogP contribution in [0.1, 0.15) is 36.5 Å². The number of pyridine rings is 1. The van der Waals surface area contributed by atoms with Gasteiger partial charge in [-0.3, -0.25) is 4.79 Å². The highest BCUT2D eigenvalue weighted by Gasteiger charge is 2.23. The van der Waals surface area contributed by atoms with Gasteiger partial charge in [0.2, 0.25) is 5.95 Å². The van der Waals surface area contributed by atoms with Crippen LogP contribution in [0.5, 0.6) is 0 Å². The number of carbonyl (C=O) groups is 2. The average Bonchev–Trinajstić information content (AvgIpc) is 2.37. The van der Waals surface area contributed by atoms with E-state index < -0.39 is 35.2 Å². The number of halogens is 2. The number of amides is 1. The van der Waals surface area contributed by atoms with Gasteiger partial charge in [-0.25, -0.2) is 14.2 Å². The monoisotopic (exact) mass is 272 g/mol. The predicted octanol–water partition coefficient (Wildman–Crippen LogP) is 1.73. The predicted molar refractivity (Wildman–Crippen MR) is 62.6 cm³/mol. The van der Waals surface area contributed by atoms with Crippen LogP contribution in [0.2, 0.25) is 0 Å². The van der Waals surface area contributed by atoms with Crippen molar-refractivity contribution in [2.24, 2.45) is 0 Å². The smallest absolute Gasteiger partial charge is 0.326 e. The summed E-state index contributed by atoms with van der Waals surface area (Å²) in [7, 11) is 0. The zero-order chi connectivity index (χ0) is 14.4. The van der Waals surface area contributed by atoms with E-state index >= 15 is 0 Å². The number of carboxylic acids is 1. The second-order valence-electron chi connectivity index (χ2n) is 3.97. The van der Waals surface area contributed by atoms with E-state index in [1.807, 2.05) is 6.92 Å². The fourth-order valence-corrected chi connectivity index (χ4v) is 1.50. The van der Waals surface area contributed by atoms with E-state index in [0.717, 1.165) is 18.7 Å². The molecule has 0 radical (unpaired) electrons. The summed E-state index contributed by atoms with van der Waals surface area (Å²) in [5.74, 6) is -4.97. The minimum Gasteiger partial charge on any atom is -0.480 e. The Morgan fingerprint density at radius 3 is 2.74 bits per heavy atom. The lowest BCUT2D eigenvalue weighted by atomic mass is 10.1. The molecule has 0 aliphatic heterocycles. The summed E-state index contributed by atoms with van der Waals surface area (Å²) < 4.78 is 26.2. The van der Waals surface area contributed by atoms with Gasteiger partial charge in [0.05, 0.1) is 5.56 Å². The van der Waals surface area contributed by atoms with Gasteiger partial charge in [-0.15, -0.1) is 0 Å². The molecule has 7 heteroatoms. The van der Waals surface area contributed by atoms with Crippen molar-refractivity contribution in [2.75, 3.05) is 0 Å². The number of nitrogens with zero attached hydrogens (tertiary/aromatic N) is 1. The van der Waals surface area contributed by atoms with Crippen LogP contribution in [0.15, 0.2) is 12.3 Å². The van der Waals surface area contributed by atoms with Crippen molar-refractivity contribution in [1.29, 1.82) is 0 Å². The molecule has 19 heavy (non-hydrogen) atoms. The molecular formula is C12H14F2N2O3. The molecule has 0 saturated carbocycles. The molecule has 0 aliphatic carbocycles. The Morgan fingerprint density at radius 1 is 1.47 bits per heavy atom. The van der Waals surface area contributed by atoms with Crippen LogP contribution in [0, 0.1) is 11.8 Å². The molecule has 0 aromatic carbocycles. The number of hydrogen-bond acceptors (Lipinski definition) is 3. The fourth-order valence-electron chi connectivity index (χ4n) is 1.50. The normalized spacial score (nSPS) is 11.9. The van der Waals surface area contributed by atoms with Gasteiger partial charge >= 0.3 is 5.97 Å². The van der Waals surface area contributed by atoms with Crippen LogP contribution in [0.3, 0.4) is 0 Å². The molecule has 1 amide bonds. The van der Waals surface area contributed by atoms with E-state index in [9.17, 15) is 18.4 Å². The first kappa shape index (κ1) is 15.0. The van der Waals surface area contributed by atoms with Gasteiger partial charge in [0.15, 0.2) is 5.82 Å². The largest absolute Gasteiger partial charge is 0.480 e. The first-order valence-corrected chi connectivity index (χ1v) is 5.81. The van der Waals surface area contributed by atoms with Crippen molar-refractivity contribution < 1.29 is 23.5 Å².